The third-order valence-corrected chi connectivity index (χ3v) is 9.00. The molecule has 258 valence electrons. The molecule has 5 heterocycles. The molecule has 0 aliphatic carbocycles. The maximum Gasteiger partial charge on any atom is 0.435 e. The lowest BCUT2D eigenvalue weighted by molar-refractivity contribution is -0.141. The molecule has 49 heavy (non-hydrogen) atoms. The topological polar surface area (TPSA) is 142 Å². The van der Waals surface area contributed by atoms with Crippen LogP contribution in [0.1, 0.15) is 45.1 Å². The van der Waals surface area contributed by atoms with E-state index in [4.69, 9.17) is 0 Å². The molecule has 0 atom stereocenters. The van der Waals surface area contributed by atoms with Crippen LogP contribution < -0.4 is 16.0 Å². The van der Waals surface area contributed by atoms with Crippen molar-refractivity contribution in [2.45, 2.75) is 25.9 Å². The molecule has 0 saturated carbocycles. The summed E-state index contributed by atoms with van der Waals surface area (Å²) in [6.07, 6.45) is 0.742. The first kappa shape index (κ1) is 33.6. The zero-order valence-corrected chi connectivity index (χ0v) is 27.3. The Bertz CT molecular complexity index is 1850. The Kier molecular flexibility index (Phi) is 9.41. The summed E-state index contributed by atoms with van der Waals surface area (Å²) in [4.78, 5) is 51.4. The summed E-state index contributed by atoms with van der Waals surface area (Å²) in [6, 6.07) is 8.07. The molecule has 0 spiro atoms. The summed E-state index contributed by atoms with van der Waals surface area (Å²) in [7, 11) is 3.14. The molecule has 2 fully saturated rings. The van der Waals surface area contributed by atoms with Crippen molar-refractivity contribution in [3.63, 3.8) is 0 Å². The minimum atomic E-state index is -4.78. The molecule has 2 aliphatic heterocycles. The largest absolute Gasteiger partial charge is 0.435 e. The van der Waals surface area contributed by atoms with E-state index in [-0.39, 0.29) is 40.6 Å². The second-order valence-electron chi connectivity index (χ2n) is 12.1. The smallest absolute Gasteiger partial charge is 0.387 e. The number of carbonyl (C=O) groups is 3. The lowest BCUT2D eigenvalue weighted by Gasteiger charge is -2.37. The van der Waals surface area contributed by atoms with E-state index in [2.05, 4.69) is 31.0 Å². The minimum absolute atomic E-state index is 0.0326. The van der Waals surface area contributed by atoms with Gasteiger partial charge in [-0.1, -0.05) is 0 Å². The van der Waals surface area contributed by atoms with E-state index >= 15 is 0 Å². The third-order valence-electron chi connectivity index (χ3n) is 9.00. The summed E-state index contributed by atoms with van der Waals surface area (Å²) in [5.74, 6) is -0.556. The lowest BCUT2D eigenvalue weighted by Crippen LogP contribution is -2.52. The zero-order valence-electron chi connectivity index (χ0n) is 27.3. The Labute approximate surface area is 280 Å². The second-order valence-corrected chi connectivity index (χ2v) is 12.1. The van der Waals surface area contributed by atoms with Gasteiger partial charge in [-0.25, -0.2) is 14.6 Å². The third kappa shape index (κ3) is 6.99. The molecule has 3 amide bonds. The van der Waals surface area contributed by atoms with Gasteiger partial charge in [-0.05, 0) is 68.8 Å². The van der Waals surface area contributed by atoms with Crippen molar-refractivity contribution < 1.29 is 27.6 Å². The van der Waals surface area contributed by atoms with E-state index in [9.17, 15) is 27.6 Å². The van der Waals surface area contributed by atoms with Crippen LogP contribution in [0.4, 0.5) is 24.5 Å². The van der Waals surface area contributed by atoms with Gasteiger partial charge in [0.05, 0.1) is 29.3 Å². The van der Waals surface area contributed by atoms with Crippen LogP contribution >= 0.6 is 0 Å². The molecule has 4 aromatic rings. The van der Waals surface area contributed by atoms with Crippen molar-refractivity contribution in [1.82, 2.24) is 39.4 Å². The number of nitrogens with zero attached hydrogens (tertiary/aromatic N) is 7. The molecule has 3 aromatic heterocycles. The number of rotatable bonds is 7. The van der Waals surface area contributed by atoms with Crippen LogP contribution in [0.2, 0.25) is 0 Å². The van der Waals surface area contributed by atoms with Crippen LogP contribution in [-0.4, -0.2) is 98.2 Å². The fourth-order valence-electron chi connectivity index (χ4n) is 6.22. The van der Waals surface area contributed by atoms with E-state index < -0.39 is 17.8 Å². The van der Waals surface area contributed by atoms with Crippen LogP contribution in [0.5, 0.6) is 0 Å². The molecule has 13 nitrogen and oxygen atoms in total. The zero-order chi connectivity index (χ0) is 34.9. The van der Waals surface area contributed by atoms with Gasteiger partial charge in [-0.2, -0.15) is 18.3 Å². The number of imidazole rings is 1. The first-order valence-corrected chi connectivity index (χ1v) is 16.0. The van der Waals surface area contributed by atoms with Gasteiger partial charge in [0, 0.05) is 63.6 Å². The highest BCUT2D eigenvalue weighted by Gasteiger charge is 2.39. The van der Waals surface area contributed by atoms with Gasteiger partial charge < -0.3 is 30.3 Å². The SMILES string of the molecule is CNc1ccc(-n2cc(-c3cnc(C(=O)Nc4ccc(C(=O)N5CCN(C(=O)C6CCNCC6)CC5)c(C)c4)n3C)c(C(F)(F)F)n2)nc1. The quantitative estimate of drug-likeness (QED) is 0.270. The number of pyridine rings is 1. The summed E-state index contributed by atoms with van der Waals surface area (Å²) < 4.78 is 44.5. The van der Waals surface area contributed by atoms with Crippen molar-refractivity contribution in [1.29, 1.82) is 0 Å². The summed E-state index contributed by atoms with van der Waals surface area (Å²) in [5, 5.41) is 12.7. The molecule has 16 heteroatoms. The van der Waals surface area contributed by atoms with E-state index in [1.165, 1.54) is 36.3 Å². The lowest BCUT2D eigenvalue weighted by atomic mass is 9.96. The number of nitrogens with one attached hydrogen (secondary N) is 3. The minimum Gasteiger partial charge on any atom is -0.387 e. The fourth-order valence-corrected chi connectivity index (χ4v) is 6.22. The van der Waals surface area contributed by atoms with E-state index in [1.54, 1.807) is 43.1 Å². The molecule has 1 aromatic carbocycles. The fraction of sp³-hybridized carbons (Fsp3) is 0.394. The van der Waals surface area contributed by atoms with Crippen molar-refractivity contribution >= 4 is 29.1 Å². The van der Waals surface area contributed by atoms with Crippen LogP contribution in [0, 0.1) is 12.8 Å². The number of piperidine rings is 1. The molecular formula is C33H37F3N10O3. The highest BCUT2D eigenvalue weighted by molar-refractivity contribution is 6.03. The first-order chi connectivity index (χ1) is 23.4. The Morgan fingerprint density at radius 2 is 1.63 bits per heavy atom. The van der Waals surface area contributed by atoms with Crippen molar-refractivity contribution in [2.75, 3.05) is 56.9 Å². The molecule has 3 N–H and O–H groups in total. The monoisotopic (exact) mass is 678 g/mol. The summed E-state index contributed by atoms with van der Waals surface area (Å²) in [6.45, 7) is 5.28. The van der Waals surface area contributed by atoms with Crippen LogP contribution in [0.3, 0.4) is 0 Å². The number of piperazine rings is 1. The number of hydrogen-bond acceptors (Lipinski definition) is 8. The molecule has 2 aliphatic rings. The second kappa shape index (κ2) is 13.7. The number of anilines is 2. The molecule has 2 saturated heterocycles. The Balaban J connectivity index is 1.13. The van der Waals surface area contributed by atoms with Gasteiger partial charge in [0.2, 0.25) is 5.91 Å². The first-order valence-electron chi connectivity index (χ1n) is 16.0. The predicted molar refractivity (Wildman–Crippen MR) is 175 cm³/mol. The normalized spacial score (nSPS) is 15.7. The Hall–Kier alpha value is -5.25. The number of carbonyl (C=O) groups excluding carboxylic acids is 3. The highest BCUT2D eigenvalue weighted by atomic mass is 19.4. The molecule has 0 unspecified atom stereocenters. The van der Waals surface area contributed by atoms with Crippen LogP contribution in [-0.2, 0) is 18.0 Å². The molecule has 6 rings (SSSR count). The van der Waals surface area contributed by atoms with E-state index in [0.29, 0.717) is 48.7 Å². The van der Waals surface area contributed by atoms with Gasteiger partial charge in [0.1, 0.15) is 0 Å². The van der Waals surface area contributed by atoms with Gasteiger partial charge in [0.25, 0.3) is 11.8 Å². The maximum absolute atomic E-state index is 14.1. The van der Waals surface area contributed by atoms with Crippen molar-refractivity contribution in [2.24, 2.45) is 13.0 Å². The van der Waals surface area contributed by atoms with Gasteiger partial charge in [-0.15, -0.1) is 0 Å². The molecule has 0 bridgehead atoms. The number of aromatic nitrogens is 5. The van der Waals surface area contributed by atoms with E-state index in [0.717, 1.165) is 30.6 Å². The average molecular weight is 679 g/mol. The number of aryl methyl sites for hydroxylation is 1. The Morgan fingerprint density at radius 1 is 0.939 bits per heavy atom. The van der Waals surface area contributed by atoms with Gasteiger partial charge in [-0.3, -0.25) is 14.4 Å². The van der Waals surface area contributed by atoms with Crippen LogP contribution in [0.25, 0.3) is 17.1 Å². The van der Waals surface area contributed by atoms with E-state index in [1.807, 2.05) is 4.90 Å². The number of benzene rings is 1. The molecular weight excluding hydrogens is 641 g/mol. The Morgan fingerprint density at radius 3 is 2.27 bits per heavy atom. The average Bonchev–Trinajstić information content (AvgIpc) is 3.72. The van der Waals surface area contributed by atoms with Crippen LogP contribution in [0.15, 0.2) is 48.9 Å². The summed E-state index contributed by atoms with van der Waals surface area (Å²) >= 11 is 0. The maximum atomic E-state index is 14.1. The number of hydrogen-bond donors (Lipinski definition) is 3. The standard InChI is InChI=1S/C33H37F3N10O3/c1-20-16-22(4-6-24(20)32(49)45-14-12-44(13-15-45)31(48)21-8-10-38-11-9-21)41-30(47)29-40-18-26(43(29)3)25-19-46(42-28(25)33(34,35)36)27-7-5-23(37-2)17-39-27/h4-7,16-19,21,37-38H,8-15H2,1-3H3,(H,41,47). The van der Waals surface area contributed by atoms with Gasteiger partial charge >= 0.3 is 6.18 Å². The van der Waals surface area contributed by atoms with Crippen molar-refractivity contribution in [3.05, 3.63) is 71.6 Å². The number of amides is 3. The number of alkyl halides is 3. The highest BCUT2D eigenvalue weighted by Crippen LogP contribution is 2.37. The van der Waals surface area contributed by atoms with Gasteiger partial charge in [0.15, 0.2) is 17.3 Å². The molecule has 0 radical (unpaired) electrons. The summed E-state index contributed by atoms with van der Waals surface area (Å²) in [5.41, 5.74) is 0.800. The number of halogens is 3. The van der Waals surface area contributed by atoms with Crippen molar-refractivity contribution in [3.8, 4) is 17.1 Å². The predicted octanol–water partition coefficient (Wildman–Crippen LogP) is 3.57.